The molecule has 1 N–H and O–H groups in total. The molecule has 0 radical (unpaired) electrons. The third-order valence-corrected chi connectivity index (χ3v) is 5.17. The Hall–Kier alpha value is -1.59. The Balaban J connectivity index is 1.71. The molecule has 2 atom stereocenters. The van der Waals surface area contributed by atoms with Crippen molar-refractivity contribution in [3.05, 3.63) is 29.8 Å². The first-order valence-electron chi connectivity index (χ1n) is 8.83. The van der Waals surface area contributed by atoms with Gasteiger partial charge < -0.3 is 19.9 Å². The van der Waals surface area contributed by atoms with Crippen LogP contribution in [0.15, 0.2) is 24.3 Å². The number of para-hydroxylation sites is 1. The van der Waals surface area contributed by atoms with Gasteiger partial charge in [-0.1, -0.05) is 18.2 Å². The SMILES string of the molecule is CC(C)N1C[C@@]2(CO[C@@H](C(=O)NCCN(C)C)C2)c2ccccc21. The lowest BCUT2D eigenvalue weighted by molar-refractivity contribution is -0.130. The summed E-state index contributed by atoms with van der Waals surface area (Å²) in [6.07, 6.45) is 0.424. The number of rotatable bonds is 5. The fraction of sp³-hybridized carbons (Fsp3) is 0.632. The van der Waals surface area contributed by atoms with E-state index >= 15 is 0 Å². The molecule has 0 aliphatic carbocycles. The second-order valence-electron chi connectivity index (χ2n) is 7.62. The number of ether oxygens (including phenoxy) is 1. The Morgan fingerprint density at radius 1 is 1.42 bits per heavy atom. The van der Waals surface area contributed by atoms with E-state index in [4.69, 9.17) is 4.74 Å². The Morgan fingerprint density at radius 2 is 2.17 bits per heavy atom. The maximum atomic E-state index is 12.4. The van der Waals surface area contributed by atoms with Crippen LogP contribution in [0.4, 0.5) is 5.69 Å². The number of nitrogens with zero attached hydrogens (tertiary/aromatic N) is 2. The van der Waals surface area contributed by atoms with Gasteiger partial charge in [-0.25, -0.2) is 0 Å². The van der Waals surface area contributed by atoms with Crippen LogP contribution in [0.1, 0.15) is 25.8 Å². The molecule has 1 aromatic carbocycles. The summed E-state index contributed by atoms with van der Waals surface area (Å²) in [5.74, 6) is 0.0224. The van der Waals surface area contributed by atoms with Gasteiger partial charge in [0.25, 0.3) is 0 Å². The largest absolute Gasteiger partial charge is 0.368 e. The average molecular weight is 331 g/mol. The highest BCUT2D eigenvalue weighted by Crippen LogP contribution is 2.47. The summed E-state index contributed by atoms with van der Waals surface area (Å²) in [6, 6.07) is 9.02. The second-order valence-corrected chi connectivity index (χ2v) is 7.62. The third-order valence-electron chi connectivity index (χ3n) is 5.17. The summed E-state index contributed by atoms with van der Waals surface area (Å²) >= 11 is 0. The van der Waals surface area contributed by atoms with Crippen LogP contribution in [0.5, 0.6) is 0 Å². The molecule has 5 heteroatoms. The molecule has 1 saturated heterocycles. The van der Waals surface area contributed by atoms with Crippen molar-refractivity contribution < 1.29 is 9.53 Å². The monoisotopic (exact) mass is 331 g/mol. The minimum absolute atomic E-state index is 0.0224. The van der Waals surface area contributed by atoms with E-state index in [2.05, 4.69) is 53.2 Å². The first-order chi connectivity index (χ1) is 11.4. The molecule has 2 aliphatic heterocycles. The zero-order valence-corrected chi connectivity index (χ0v) is 15.2. The summed E-state index contributed by atoms with van der Waals surface area (Å²) in [4.78, 5) is 16.9. The van der Waals surface area contributed by atoms with Crippen molar-refractivity contribution in [1.29, 1.82) is 0 Å². The fourth-order valence-electron chi connectivity index (χ4n) is 3.85. The van der Waals surface area contributed by atoms with E-state index in [1.165, 1.54) is 11.3 Å². The van der Waals surface area contributed by atoms with Crippen molar-refractivity contribution in [1.82, 2.24) is 10.2 Å². The van der Waals surface area contributed by atoms with Gasteiger partial charge in [0.15, 0.2) is 0 Å². The summed E-state index contributed by atoms with van der Waals surface area (Å²) in [5, 5.41) is 3.00. The Kier molecular flexibility index (Phi) is 4.83. The highest BCUT2D eigenvalue weighted by Gasteiger charge is 2.50. The molecule has 132 valence electrons. The molecule has 1 spiro atoms. The van der Waals surface area contributed by atoms with Gasteiger partial charge in [-0.05, 0) is 46.0 Å². The number of fused-ring (bicyclic) bond motifs is 2. The van der Waals surface area contributed by atoms with Crippen molar-refractivity contribution in [2.24, 2.45) is 0 Å². The van der Waals surface area contributed by atoms with Crippen LogP contribution >= 0.6 is 0 Å². The van der Waals surface area contributed by atoms with Crippen LogP contribution in [0.2, 0.25) is 0 Å². The van der Waals surface area contributed by atoms with E-state index in [0.29, 0.717) is 19.2 Å². The van der Waals surface area contributed by atoms with E-state index in [0.717, 1.165) is 19.5 Å². The van der Waals surface area contributed by atoms with Crippen LogP contribution in [-0.4, -0.2) is 63.3 Å². The van der Waals surface area contributed by atoms with E-state index in [1.54, 1.807) is 0 Å². The maximum absolute atomic E-state index is 12.4. The normalized spacial score (nSPS) is 25.8. The van der Waals surface area contributed by atoms with Gasteiger partial charge in [-0.15, -0.1) is 0 Å². The predicted octanol–water partition coefficient (Wildman–Crippen LogP) is 1.62. The zero-order valence-electron chi connectivity index (χ0n) is 15.2. The Labute approximate surface area is 145 Å². The van der Waals surface area contributed by atoms with Gasteiger partial charge in [0.05, 0.1) is 6.61 Å². The summed E-state index contributed by atoms with van der Waals surface area (Å²) in [7, 11) is 4.01. The number of anilines is 1. The van der Waals surface area contributed by atoms with Gasteiger partial charge in [0.2, 0.25) is 5.91 Å². The Morgan fingerprint density at radius 3 is 2.88 bits per heavy atom. The quantitative estimate of drug-likeness (QED) is 0.890. The highest BCUT2D eigenvalue weighted by atomic mass is 16.5. The van der Waals surface area contributed by atoms with E-state index < -0.39 is 0 Å². The average Bonchev–Trinajstić information content (AvgIpc) is 3.11. The van der Waals surface area contributed by atoms with Gasteiger partial charge in [-0.2, -0.15) is 0 Å². The first kappa shape index (κ1) is 17.2. The van der Waals surface area contributed by atoms with Crippen LogP contribution in [0, 0.1) is 0 Å². The number of hydrogen-bond acceptors (Lipinski definition) is 4. The lowest BCUT2D eigenvalue weighted by Crippen LogP contribution is -2.40. The molecule has 2 heterocycles. The van der Waals surface area contributed by atoms with Crippen molar-refractivity contribution in [3.8, 4) is 0 Å². The number of likely N-dealkylation sites (N-methyl/N-ethyl adjacent to an activating group) is 1. The topological polar surface area (TPSA) is 44.8 Å². The van der Waals surface area contributed by atoms with Crippen LogP contribution in [0.3, 0.4) is 0 Å². The molecule has 24 heavy (non-hydrogen) atoms. The van der Waals surface area contributed by atoms with E-state index in [-0.39, 0.29) is 17.4 Å². The predicted molar refractivity (Wildman–Crippen MR) is 96.5 cm³/mol. The molecule has 0 saturated carbocycles. The number of nitrogens with one attached hydrogen (secondary N) is 1. The van der Waals surface area contributed by atoms with Crippen molar-refractivity contribution in [2.75, 3.05) is 45.2 Å². The molecule has 0 bridgehead atoms. The van der Waals surface area contributed by atoms with E-state index in [1.807, 2.05) is 14.1 Å². The molecule has 1 amide bonds. The van der Waals surface area contributed by atoms with Crippen molar-refractivity contribution >= 4 is 11.6 Å². The number of benzene rings is 1. The summed E-state index contributed by atoms with van der Waals surface area (Å²) < 4.78 is 5.94. The molecule has 1 fully saturated rings. The van der Waals surface area contributed by atoms with Gasteiger partial charge in [0.1, 0.15) is 6.10 Å². The lowest BCUT2D eigenvalue weighted by Gasteiger charge is -2.27. The van der Waals surface area contributed by atoms with Crippen LogP contribution in [0.25, 0.3) is 0 Å². The smallest absolute Gasteiger partial charge is 0.249 e. The first-order valence-corrected chi connectivity index (χ1v) is 8.83. The molecular formula is C19H29N3O2. The summed E-state index contributed by atoms with van der Waals surface area (Å²) in [5.41, 5.74) is 2.58. The van der Waals surface area contributed by atoms with Crippen molar-refractivity contribution in [3.63, 3.8) is 0 Å². The molecule has 2 aliphatic rings. The minimum Gasteiger partial charge on any atom is -0.368 e. The fourth-order valence-corrected chi connectivity index (χ4v) is 3.85. The van der Waals surface area contributed by atoms with Gasteiger partial charge >= 0.3 is 0 Å². The molecular weight excluding hydrogens is 302 g/mol. The van der Waals surface area contributed by atoms with Crippen LogP contribution < -0.4 is 10.2 Å². The summed E-state index contributed by atoms with van der Waals surface area (Å²) in [6.45, 7) is 7.50. The van der Waals surface area contributed by atoms with Gasteiger partial charge in [-0.3, -0.25) is 4.79 Å². The van der Waals surface area contributed by atoms with Crippen molar-refractivity contribution in [2.45, 2.75) is 37.8 Å². The maximum Gasteiger partial charge on any atom is 0.249 e. The minimum atomic E-state index is -0.340. The molecule has 1 aromatic rings. The molecule has 0 aromatic heterocycles. The highest BCUT2D eigenvalue weighted by molar-refractivity contribution is 5.81. The standard InChI is InChI=1S/C19H29N3O2/c1-14(2)22-12-19(15-7-5-6-8-16(15)22)11-17(24-13-19)18(23)20-9-10-21(3)4/h5-8,14,17H,9-13H2,1-4H3,(H,20,23)/t17-,19+/m1/s1. The van der Waals surface area contributed by atoms with Gasteiger partial charge in [0, 0.05) is 36.8 Å². The number of hydrogen-bond donors (Lipinski definition) is 1. The lowest BCUT2D eigenvalue weighted by atomic mass is 9.80. The zero-order chi connectivity index (χ0) is 17.3. The molecule has 3 rings (SSSR count). The number of amides is 1. The molecule has 5 nitrogen and oxygen atoms in total. The third kappa shape index (κ3) is 3.15. The van der Waals surface area contributed by atoms with E-state index in [9.17, 15) is 4.79 Å². The number of carbonyl (C=O) groups excluding carboxylic acids is 1. The molecule has 0 unspecified atom stereocenters. The number of carbonyl (C=O) groups is 1. The Bertz CT molecular complexity index is 602. The second kappa shape index (κ2) is 6.73. The van der Waals surface area contributed by atoms with Crippen LogP contribution in [-0.2, 0) is 14.9 Å².